The highest BCUT2D eigenvalue weighted by molar-refractivity contribution is 9.12. The van der Waals surface area contributed by atoms with Gasteiger partial charge in [0.15, 0.2) is 5.78 Å². The summed E-state index contributed by atoms with van der Waals surface area (Å²) >= 11 is 3.19. The maximum absolute atomic E-state index is 11.1. The molecule has 0 saturated heterocycles. The molecule has 0 aliphatic carbocycles. The number of nitrogen functional groups attached to an aromatic ring is 1. The van der Waals surface area contributed by atoms with Gasteiger partial charge in [0.1, 0.15) is 0 Å². The van der Waals surface area contributed by atoms with Crippen LogP contribution in [0.4, 0.5) is 5.95 Å². The molecule has 0 atom stereocenters. The molecular formula is C10H12BrN3O. The lowest BCUT2D eigenvalue weighted by molar-refractivity contribution is -0.112. The molecule has 0 spiro atoms. The highest BCUT2D eigenvalue weighted by Crippen LogP contribution is 2.18. The number of allylic oxidation sites excluding steroid dienone is 1. The summed E-state index contributed by atoms with van der Waals surface area (Å²) in [6.07, 6.45) is 1.71. The minimum atomic E-state index is -0.0365. The Balaban J connectivity index is 3.27. The summed E-state index contributed by atoms with van der Waals surface area (Å²) in [5.41, 5.74) is 7.85. The van der Waals surface area contributed by atoms with Crippen molar-refractivity contribution >= 4 is 33.7 Å². The summed E-state index contributed by atoms with van der Waals surface area (Å²) in [5.74, 6) is 0.215. The summed E-state index contributed by atoms with van der Waals surface area (Å²) in [4.78, 5) is 19.1. The first-order valence-corrected chi connectivity index (χ1v) is 5.20. The van der Waals surface area contributed by atoms with Crippen LogP contribution < -0.4 is 5.73 Å². The zero-order valence-corrected chi connectivity index (χ0v) is 10.4. The van der Waals surface area contributed by atoms with Crippen molar-refractivity contribution in [3.63, 3.8) is 0 Å². The van der Waals surface area contributed by atoms with E-state index < -0.39 is 0 Å². The van der Waals surface area contributed by atoms with Crippen LogP contribution in [0.3, 0.4) is 0 Å². The van der Waals surface area contributed by atoms with E-state index in [0.29, 0.717) is 4.48 Å². The number of anilines is 1. The number of Topliss-reactive ketones (excluding diaryl/α,β-unsaturated/α-hetero) is 1. The molecule has 0 aromatic carbocycles. The number of carbonyl (C=O) groups excluding carboxylic acids is 1. The van der Waals surface area contributed by atoms with Crippen molar-refractivity contribution in [1.82, 2.24) is 9.97 Å². The quantitative estimate of drug-likeness (QED) is 0.834. The number of carbonyl (C=O) groups is 1. The van der Waals surface area contributed by atoms with Crippen LogP contribution >= 0.6 is 15.9 Å². The number of rotatable bonds is 2. The van der Waals surface area contributed by atoms with Crippen LogP contribution in [0.1, 0.15) is 23.9 Å². The Morgan fingerprint density at radius 3 is 2.20 bits per heavy atom. The summed E-state index contributed by atoms with van der Waals surface area (Å²) in [5, 5.41) is 0. The molecule has 1 rings (SSSR count). The minimum Gasteiger partial charge on any atom is -0.368 e. The van der Waals surface area contributed by atoms with E-state index in [2.05, 4.69) is 25.9 Å². The highest BCUT2D eigenvalue weighted by atomic mass is 79.9. The molecule has 0 bridgehead atoms. The van der Waals surface area contributed by atoms with E-state index in [4.69, 9.17) is 5.73 Å². The monoisotopic (exact) mass is 269 g/mol. The van der Waals surface area contributed by atoms with E-state index in [1.165, 1.54) is 6.92 Å². The van der Waals surface area contributed by atoms with Gasteiger partial charge in [0.2, 0.25) is 5.95 Å². The van der Waals surface area contributed by atoms with Crippen LogP contribution in [0.2, 0.25) is 0 Å². The van der Waals surface area contributed by atoms with Crippen molar-refractivity contribution in [2.75, 3.05) is 5.73 Å². The summed E-state index contributed by atoms with van der Waals surface area (Å²) < 4.78 is 0.502. The average molecular weight is 270 g/mol. The summed E-state index contributed by atoms with van der Waals surface area (Å²) in [6, 6.07) is 0. The fourth-order valence-electron chi connectivity index (χ4n) is 1.19. The molecule has 1 aromatic rings. The van der Waals surface area contributed by atoms with Crippen LogP contribution in [0.5, 0.6) is 0 Å². The molecule has 4 nitrogen and oxygen atoms in total. The Hall–Kier alpha value is -1.23. The Bertz CT molecular complexity index is 417. The molecule has 5 heteroatoms. The molecule has 0 aliphatic heterocycles. The average Bonchev–Trinajstić information content (AvgIpc) is 2.10. The van der Waals surface area contributed by atoms with Gasteiger partial charge in [0, 0.05) is 5.56 Å². The molecule has 0 unspecified atom stereocenters. The number of nitrogens with two attached hydrogens (primary N) is 1. The number of aromatic nitrogens is 2. The van der Waals surface area contributed by atoms with Crippen molar-refractivity contribution in [2.45, 2.75) is 20.8 Å². The molecule has 1 aromatic heterocycles. The molecule has 0 radical (unpaired) electrons. The molecule has 80 valence electrons. The van der Waals surface area contributed by atoms with Gasteiger partial charge in [-0.3, -0.25) is 4.79 Å². The zero-order chi connectivity index (χ0) is 11.6. The van der Waals surface area contributed by atoms with Crippen LogP contribution in [-0.4, -0.2) is 15.8 Å². The third kappa shape index (κ3) is 2.86. The van der Waals surface area contributed by atoms with Gasteiger partial charge in [0.25, 0.3) is 0 Å². The van der Waals surface area contributed by atoms with Crippen LogP contribution in [0.15, 0.2) is 4.48 Å². The molecule has 0 aliphatic rings. The number of ketones is 1. The van der Waals surface area contributed by atoms with E-state index in [1.54, 1.807) is 6.08 Å². The van der Waals surface area contributed by atoms with Gasteiger partial charge in [0.05, 0.1) is 15.9 Å². The smallest absolute Gasteiger partial charge is 0.220 e. The van der Waals surface area contributed by atoms with E-state index in [0.717, 1.165) is 17.0 Å². The Morgan fingerprint density at radius 1 is 1.33 bits per heavy atom. The van der Waals surface area contributed by atoms with Crippen molar-refractivity contribution in [3.05, 3.63) is 21.4 Å². The normalized spacial score (nSPS) is 11.6. The predicted octanol–water partition coefficient (Wildman–Crippen LogP) is 2.00. The third-order valence-electron chi connectivity index (χ3n) is 1.95. The fraction of sp³-hybridized carbons (Fsp3) is 0.300. The zero-order valence-electron chi connectivity index (χ0n) is 8.84. The first kappa shape index (κ1) is 11.8. The van der Waals surface area contributed by atoms with Crippen molar-refractivity contribution in [2.24, 2.45) is 0 Å². The molecule has 15 heavy (non-hydrogen) atoms. The third-order valence-corrected chi connectivity index (χ3v) is 2.74. The van der Waals surface area contributed by atoms with Gasteiger partial charge >= 0.3 is 0 Å². The topological polar surface area (TPSA) is 68.9 Å². The Kier molecular flexibility index (Phi) is 3.57. The number of halogens is 1. The first-order valence-electron chi connectivity index (χ1n) is 4.40. The van der Waals surface area contributed by atoms with Crippen LogP contribution in [0, 0.1) is 13.8 Å². The van der Waals surface area contributed by atoms with E-state index >= 15 is 0 Å². The number of aryl methyl sites for hydroxylation is 2. The van der Waals surface area contributed by atoms with Gasteiger partial charge in [-0.1, -0.05) is 0 Å². The molecule has 0 fully saturated rings. The minimum absolute atomic E-state index is 0.0365. The predicted molar refractivity (Wildman–Crippen MR) is 63.5 cm³/mol. The highest BCUT2D eigenvalue weighted by Gasteiger charge is 2.07. The fourth-order valence-corrected chi connectivity index (χ4v) is 1.42. The van der Waals surface area contributed by atoms with E-state index in [9.17, 15) is 4.79 Å². The lowest BCUT2D eigenvalue weighted by Crippen LogP contribution is -2.02. The molecule has 1 heterocycles. The number of hydrogen-bond acceptors (Lipinski definition) is 4. The summed E-state index contributed by atoms with van der Waals surface area (Å²) in [6.45, 7) is 5.15. The lowest BCUT2D eigenvalue weighted by Gasteiger charge is -2.05. The number of nitrogens with zero attached hydrogens (tertiary/aromatic N) is 2. The van der Waals surface area contributed by atoms with Crippen molar-refractivity contribution in [1.29, 1.82) is 0 Å². The van der Waals surface area contributed by atoms with Gasteiger partial charge in [-0.05, 0) is 42.8 Å². The van der Waals surface area contributed by atoms with Gasteiger partial charge in [-0.15, -0.1) is 0 Å². The lowest BCUT2D eigenvalue weighted by atomic mass is 10.1. The van der Waals surface area contributed by atoms with Crippen LogP contribution in [0.25, 0.3) is 6.08 Å². The standard InChI is InChI=1S/C10H12BrN3O/c1-5-8(4-9(11)7(3)15)6(2)14-10(12)13-5/h4H,1-3H3,(H2,12,13,14)/b9-4+. The molecular weight excluding hydrogens is 258 g/mol. The van der Waals surface area contributed by atoms with Crippen LogP contribution in [-0.2, 0) is 4.79 Å². The second kappa shape index (κ2) is 4.53. The molecule has 2 N–H and O–H groups in total. The SMILES string of the molecule is CC(=O)/C(Br)=C\c1c(C)nc(N)nc1C. The van der Waals surface area contributed by atoms with Gasteiger partial charge in [-0.25, -0.2) is 9.97 Å². The largest absolute Gasteiger partial charge is 0.368 e. The maximum Gasteiger partial charge on any atom is 0.220 e. The van der Waals surface area contributed by atoms with Crippen molar-refractivity contribution < 1.29 is 4.79 Å². The Morgan fingerprint density at radius 2 is 1.80 bits per heavy atom. The molecule has 0 saturated carbocycles. The second-order valence-corrected chi connectivity index (χ2v) is 4.07. The second-order valence-electron chi connectivity index (χ2n) is 3.21. The van der Waals surface area contributed by atoms with Crippen molar-refractivity contribution in [3.8, 4) is 0 Å². The number of hydrogen-bond donors (Lipinski definition) is 1. The van der Waals surface area contributed by atoms with Gasteiger partial charge < -0.3 is 5.73 Å². The Labute approximate surface area is 96.7 Å². The maximum atomic E-state index is 11.1. The van der Waals surface area contributed by atoms with E-state index in [-0.39, 0.29) is 11.7 Å². The van der Waals surface area contributed by atoms with E-state index in [1.807, 2.05) is 13.8 Å². The first-order chi connectivity index (χ1) is 6.91. The molecule has 0 amide bonds. The van der Waals surface area contributed by atoms with Gasteiger partial charge in [-0.2, -0.15) is 0 Å². The summed E-state index contributed by atoms with van der Waals surface area (Å²) in [7, 11) is 0.